The molecular formula is C21H28O5S2. The maximum atomic E-state index is 13.3. The van der Waals surface area contributed by atoms with Crippen LogP contribution in [0.4, 0.5) is 0 Å². The smallest absolute Gasteiger partial charge is 0.340 e. The van der Waals surface area contributed by atoms with Crippen molar-refractivity contribution in [2.45, 2.75) is 61.6 Å². The van der Waals surface area contributed by atoms with E-state index in [1.165, 1.54) is 0 Å². The van der Waals surface area contributed by atoms with Crippen LogP contribution in [0.25, 0.3) is 0 Å². The third kappa shape index (κ3) is 2.39. The molecule has 3 saturated heterocycles. The van der Waals surface area contributed by atoms with E-state index < -0.39 is 21.9 Å². The van der Waals surface area contributed by atoms with Crippen molar-refractivity contribution >= 4 is 29.5 Å². The lowest BCUT2D eigenvalue weighted by molar-refractivity contribution is -0.220. The van der Waals surface area contributed by atoms with Crippen molar-refractivity contribution in [1.82, 2.24) is 0 Å². The summed E-state index contributed by atoms with van der Waals surface area (Å²) in [7, 11) is 0. The number of rotatable bonds is 0. The van der Waals surface area contributed by atoms with Crippen molar-refractivity contribution in [1.29, 1.82) is 0 Å². The first-order valence-electron chi connectivity index (χ1n) is 10.3. The van der Waals surface area contributed by atoms with Crippen LogP contribution in [0.5, 0.6) is 0 Å². The highest BCUT2D eigenvalue weighted by Crippen LogP contribution is 2.64. The van der Waals surface area contributed by atoms with Crippen molar-refractivity contribution in [3.05, 3.63) is 23.5 Å². The van der Waals surface area contributed by atoms with Gasteiger partial charge in [0.05, 0.1) is 16.1 Å². The van der Waals surface area contributed by atoms with Crippen molar-refractivity contribution in [3.63, 3.8) is 0 Å². The number of hydrogen-bond donors (Lipinski definition) is 2. The quantitative estimate of drug-likeness (QED) is 0.457. The number of fused-ring (bicyclic) bond motifs is 2. The molecule has 0 aromatic rings. The third-order valence-electron chi connectivity index (χ3n) is 7.31. The first-order chi connectivity index (χ1) is 13.3. The molecule has 154 valence electrons. The Kier molecular flexibility index (Phi) is 4.44. The lowest BCUT2D eigenvalue weighted by Gasteiger charge is -2.54. The molecule has 1 unspecified atom stereocenters. The monoisotopic (exact) mass is 424 g/mol. The molecule has 6 rings (SSSR count). The zero-order chi connectivity index (χ0) is 19.8. The standard InChI is InChI=1S/C21H28O5S2/c1-10-8-12(3)21(27-6-7-28-21)15-18-20(26-19(15)24)9-11(2)17(25-18)16(23)13(20)4-5-14(10)22/h4-5,10-14,16-17,22-23H,6-9H2,1-3H3/b5-4-/t10-,11+,12+,13+,14?,16+,17+,20+/m0/s1. The van der Waals surface area contributed by atoms with Crippen molar-refractivity contribution in [2.75, 3.05) is 11.5 Å². The lowest BCUT2D eigenvalue weighted by Crippen LogP contribution is -2.63. The minimum atomic E-state index is -0.944. The van der Waals surface area contributed by atoms with Gasteiger partial charge in [-0.1, -0.05) is 32.9 Å². The fourth-order valence-electron chi connectivity index (χ4n) is 5.90. The van der Waals surface area contributed by atoms with Crippen LogP contribution in [0.3, 0.4) is 0 Å². The van der Waals surface area contributed by atoms with Crippen LogP contribution in [-0.2, 0) is 14.3 Å². The maximum Gasteiger partial charge on any atom is 0.340 e. The summed E-state index contributed by atoms with van der Waals surface area (Å²) in [5.41, 5.74) is -0.265. The number of aliphatic hydroxyl groups excluding tert-OH is 2. The van der Waals surface area contributed by atoms with Gasteiger partial charge in [0, 0.05) is 17.9 Å². The predicted octanol–water partition coefficient (Wildman–Crippen LogP) is 2.72. The topological polar surface area (TPSA) is 76.0 Å². The van der Waals surface area contributed by atoms with Crippen molar-refractivity contribution < 1.29 is 24.5 Å². The van der Waals surface area contributed by atoms with Crippen LogP contribution in [0.1, 0.15) is 33.6 Å². The molecule has 4 heterocycles. The molecule has 0 aromatic heterocycles. The molecular weight excluding hydrogens is 396 g/mol. The summed E-state index contributed by atoms with van der Waals surface area (Å²) >= 11 is 3.63. The third-order valence-corrected chi connectivity index (χ3v) is 11.2. The van der Waals surface area contributed by atoms with Gasteiger partial charge in [-0.2, -0.15) is 0 Å². The average molecular weight is 425 g/mol. The van der Waals surface area contributed by atoms with Gasteiger partial charge in [-0.05, 0) is 24.2 Å². The highest BCUT2D eigenvalue weighted by atomic mass is 32.2. The Morgan fingerprint density at radius 2 is 1.82 bits per heavy atom. The Morgan fingerprint density at radius 3 is 2.54 bits per heavy atom. The van der Waals surface area contributed by atoms with Gasteiger partial charge in [0.25, 0.3) is 0 Å². The number of carbonyl (C=O) groups is 1. The number of hydrogen-bond acceptors (Lipinski definition) is 7. The minimum Gasteiger partial charge on any atom is -0.487 e. The van der Waals surface area contributed by atoms with Gasteiger partial charge >= 0.3 is 5.97 Å². The van der Waals surface area contributed by atoms with E-state index in [1.54, 1.807) is 6.08 Å². The molecule has 2 aliphatic carbocycles. The van der Waals surface area contributed by atoms with E-state index in [-0.39, 0.29) is 35.7 Å². The van der Waals surface area contributed by atoms with Crippen LogP contribution in [-0.4, -0.2) is 55.7 Å². The zero-order valence-corrected chi connectivity index (χ0v) is 18.1. The molecule has 5 nitrogen and oxygen atoms in total. The molecule has 0 aromatic carbocycles. The van der Waals surface area contributed by atoms with Gasteiger partial charge in [0.1, 0.15) is 17.8 Å². The molecule has 7 heteroatoms. The van der Waals surface area contributed by atoms with E-state index in [2.05, 4.69) is 13.8 Å². The largest absolute Gasteiger partial charge is 0.487 e. The molecule has 4 fully saturated rings. The molecule has 8 atom stereocenters. The van der Waals surface area contributed by atoms with E-state index in [9.17, 15) is 15.0 Å². The number of carbonyl (C=O) groups excluding carboxylic acids is 1. The zero-order valence-electron chi connectivity index (χ0n) is 16.5. The van der Waals surface area contributed by atoms with Gasteiger partial charge in [0.15, 0.2) is 11.4 Å². The summed E-state index contributed by atoms with van der Waals surface area (Å²) < 4.78 is 12.1. The van der Waals surface area contributed by atoms with E-state index in [0.717, 1.165) is 17.9 Å². The van der Waals surface area contributed by atoms with Gasteiger partial charge in [-0.25, -0.2) is 4.79 Å². The SMILES string of the molecule is C[C@@H]1C[C@]23OC(=O)C4=C2O[C@H]1[C@H](O)[C@H]3/C=C\C(O)[C@@H](C)C[C@@H](C)C41SCCS1. The molecule has 28 heavy (non-hydrogen) atoms. The van der Waals surface area contributed by atoms with Crippen LogP contribution in [0, 0.1) is 23.7 Å². The number of aliphatic hydroxyl groups is 2. The van der Waals surface area contributed by atoms with Gasteiger partial charge in [-0.3, -0.25) is 0 Å². The molecule has 6 aliphatic rings. The van der Waals surface area contributed by atoms with E-state index >= 15 is 0 Å². The molecule has 1 saturated carbocycles. The maximum absolute atomic E-state index is 13.3. The summed E-state index contributed by atoms with van der Waals surface area (Å²) in [6.07, 6.45) is 3.43. The fraction of sp³-hybridized carbons (Fsp3) is 0.762. The summed E-state index contributed by atoms with van der Waals surface area (Å²) in [6.45, 7) is 6.28. The summed E-state index contributed by atoms with van der Waals surface area (Å²) in [4.78, 5) is 13.3. The Morgan fingerprint density at radius 1 is 1.11 bits per heavy atom. The van der Waals surface area contributed by atoms with Gasteiger partial charge < -0.3 is 19.7 Å². The lowest BCUT2D eigenvalue weighted by atomic mass is 9.64. The highest BCUT2D eigenvalue weighted by Gasteiger charge is 2.69. The molecule has 5 bridgehead atoms. The van der Waals surface area contributed by atoms with Gasteiger partial charge in [-0.15, -0.1) is 23.5 Å². The second-order valence-corrected chi connectivity index (χ2v) is 12.1. The minimum absolute atomic E-state index is 0.0645. The van der Waals surface area contributed by atoms with Crippen LogP contribution in [0.2, 0.25) is 0 Å². The summed E-state index contributed by atoms with van der Waals surface area (Å²) in [5, 5.41) is 21.7. The Labute approximate surface area is 174 Å². The van der Waals surface area contributed by atoms with E-state index in [0.29, 0.717) is 17.8 Å². The second kappa shape index (κ2) is 6.43. The van der Waals surface area contributed by atoms with Crippen LogP contribution in [0.15, 0.2) is 23.5 Å². The van der Waals surface area contributed by atoms with Crippen LogP contribution >= 0.6 is 23.5 Å². The molecule has 0 radical (unpaired) electrons. The molecule has 4 aliphatic heterocycles. The average Bonchev–Trinajstić information content (AvgIpc) is 3.22. The predicted molar refractivity (Wildman–Crippen MR) is 110 cm³/mol. The Hall–Kier alpha value is -0.630. The Bertz CT molecular complexity index is 758. The summed E-state index contributed by atoms with van der Waals surface area (Å²) in [6, 6.07) is 0. The number of thioether (sulfide) groups is 2. The molecule has 2 spiro atoms. The fourth-order valence-corrected chi connectivity index (χ4v) is 9.41. The normalized spacial score (nSPS) is 50.3. The first kappa shape index (κ1) is 19.3. The highest BCUT2D eigenvalue weighted by molar-refractivity contribution is 8.21. The molecule has 0 amide bonds. The van der Waals surface area contributed by atoms with Crippen molar-refractivity contribution in [2.24, 2.45) is 23.7 Å². The van der Waals surface area contributed by atoms with Crippen molar-refractivity contribution in [3.8, 4) is 0 Å². The summed E-state index contributed by atoms with van der Waals surface area (Å²) in [5.74, 6) is 2.30. The number of ether oxygens (including phenoxy) is 2. The van der Waals surface area contributed by atoms with Crippen LogP contribution < -0.4 is 0 Å². The Balaban J connectivity index is 1.75. The number of esters is 1. The molecule has 2 N–H and O–H groups in total. The van der Waals surface area contributed by atoms with E-state index in [4.69, 9.17) is 9.47 Å². The first-order valence-corrected chi connectivity index (χ1v) is 12.2. The van der Waals surface area contributed by atoms with E-state index in [1.807, 2.05) is 36.5 Å². The van der Waals surface area contributed by atoms with Gasteiger partial charge in [0.2, 0.25) is 0 Å². The second-order valence-electron chi connectivity index (χ2n) is 9.12.